The average Bonchev–Trinajstić information content (AvgIpc) is 2.57. The molecule has 0 saturated carbocycles. The van der Waals surface area contributed by atoms with Gasteiger partial charge in [-0.25, -0.2) is 9.48 Å². The Labute approximate surface area is 86.8 Å². The van der Waals surface area contributed by atoms with E-state index < -0.39 is 6.10 Å². The molecule has 0 bridgehead atoms. The molecule has 2 rings (SSSR count). The predicted molar refractivity (Wildman–Crippen MR) is 52.5 cm³/mol. The molecule has 0 spiro atoms. The molecule has 1 atom stereocenters. The summed E-state index contributed by atoms with van der Waals surface area (Å²) >= 11 is 0. The van der Waals surface area contributed by atoms with Crippen LogP contribution in [0.3, 0.4) is 0 Å². The largest absolute Gasteiger partial charge is 0.394 e. The van der Waals surface area contributed by atoms with Crippen molar-refractivity contribution in [3.05, 3.63) is 16.3 Å². The van der Waals surface area contributed by atoms with E-state index in [-0.39, 0.29) is 18.8 Å². The van der Waals surface area contributed by atoms with Gasteiger partial charge in [0.25, 0.3) is 0 Å². The van der Waals surface area contributed by atoms with Crippen LogP contribution in [-0.2, 0) is 19.5 Å². The summed E-state index contributed by atoms with van der Waals surface area (Å²) in [4.78, 5) is 11.7. The van der Waals surface area contributed by atoms with Crippen molar-refractivity contribution in [2.24, 2.45) is 0 Å². The Kier molecular flexibility index (Phi) is 2.88. The lowest BCUT2D eigenvalue weighted by Crippen LogP contribution is -2.31. The molecule has 15 heavy (non-hydrogen) atoms. The van der Waals surface area contributed by atoms with Gasteiger partial charge in [0.1, 0.15) is 5.82 Å². The van der Waals surface area contributed by atoms with Crippen LogP contribution in [0.25, 0.3) is 0 Å². The van der Waals surface area contributed by atoms with E-state index in [4.69, 9.17) is 5.11 Å². The van der Waals surface area contributed by atoms with Gasteiger partial charge in [0.05, 0.1) is 19.3 Å². The van der Waals surface area contributed by atoms with Crippen LogP contribution in [0, 0.1) is 0 Å². The molecule has 6 nitrogen and oxygen atoms in total. The maximum absolute atomic E-state index is 11.7. The molecule has 1 aromatic rings. The molecule has 2 N–H and O–H groups in total. The summed E-state index contributed by atoms with van der Waals surface area (Å²) in [6, 6.07) is 0. The second-order valence-electron chi connectivity index (χ2n) is 3.83. The smallest absolute Gasteiger partial charge is 0.346 e. The number of aliphatic hydroxyl groups is 2. The van der Waals surface area contributed by atoms with E-state index in [9.17, 15) is 9.90 Å². The minimum absolute atomic E-state index is 0.0648. The minimum atomic E-state index is -0.917. The first kappa shape index (κ1) is 10.4. The molecule has 2 heterocycles. The molecule has 0 amide bonds. The van der Waals surface area contributed by atoms with E-state index in [1.165, 1.54) is 4.68 Å². The van der Waals surface area contributed by atoms with E-state index in [0.717, 1.165) is 25.1 Å². The van der Waals surface area contributed by atoms with Gasteiger partial charge in [-0.05, 0) is 12.8 Å². The molecular weight excluding hydrogens is 198 g/mol. The molecule has 0 aliphatic carbocycles. The summed E-state index contributed by atoms with van der Waals surface area (Å²) in [7, 11) is 0. The zero-order valence-corrected chi connectivity index (χ0v) is 8.46. The normalized spacial score (nSPS) is 17.5. The predicted octanol–water partition coefficient (Wildman–Crippen LogP) is -1.27. The minimum Gasteiger partial charge on any atom is -0.394 e. The molecule has 0 aromatic carbocycles. The first-order valence-electron chi connectivity index (χ1n) is 5.18. The van der Waals surface area contributed by atoms with Crippen LogP contribution in [0.1, 0.15) is 18.7 Å². The van der Waals surface area contributed by atoms with Crippen molar-refractivity contribution in [1.82, 2.24) is 14.3 Å². The van der Waals surface area contributed by atoms with E-state index in [1.807, 2.05) is 0 Å². The molecule has 1 aliphatic rings. The van der Waals surface area contributed by atoms with E-state index in [1.54, 1.807) is 4.57 Å². The second kappa shape index (κ2) is 4.16. The SMILES string of the molecule is O=c1n(CC(O)CO)nc2n1CCCC2. The molecule has 1 aromatic heterocycles. The van der Waals surface area contributed by atoms with Crippen molar-refractivity contribution in [3.8, 4) is 0 Å². The molecule has 1 aliphatic heterocycles. The van der Waals surface area contributed by atoms with Crippen LogP contribution in [0.2, 0.25) is 0 Å². The number of hydrogen-bond acceptors (Lipinski definition) is 4. The van der Waals surface area contributed by atoms with E-state index in [2.05, 4.69) is 5.10 Å². The van der Waals surface area contributed by atoms with Crippen LogP contribution in [0.15, 0.2) is 4.79 Å². The second-order valence-corrected chi connectivity index (χ2v) is 3.83. The van der Waals surface area contributed by atoms with E-state index in [0.29, 0.717) is 6.54 Å². The standard InChI is InChI=1S/C9H15N3O3/c13-6-7(14)5-12-9(15)11-4-2-1-3-8(11)10-12/h7,13-14H,1-6H2. The Hall–Kier alpha value is -1.14. The van der Waals surface area contributed by atoms with Crippen LogP contribution in [0.5, 0.6) is 0 Å². The Morgan fingerprint density at radius 1 is 1.47 bits per heavy atom. The third-order valence-electron chi connectivity index (χ3n) is 2.63. The van der Waals surface area contributed by atoms with Crippen molar-refractivity contribution in [1.29, 1.82) is 0 Å². The maximum atomic E-state index is 11.7. The van der Waals surface area contributed by atoms with Crippen LogP contribution in [-0.4, -0.2) is 37.3 Å². The summed E-state index contributed by atoms with van der Waals surface area (Å²) in [5.41, 5.74) is -0.183. The molecule has 1 unspecified atom stereocenters. The highest BCUT2D eigenvalue weighted by atomic mass is 16.3. The highest BCUT2D eigenvalue weighted by molar-refractivity contribution is 4.91. The summed E-state index contributed by atoms with van der Waals surface area (Å²) in [5.74, 6) is 0.788. The van der Waals surface area contributed by atoms with Crippen molar-refractivity contribution < 1.29 is 10.2 Å². The number of aliphatic hydroxyl groups excluding tert-OH is 2. The van der Waals surface area contributed by atoms with Gasteiger partial charge in [-0.1, -0.05) is 0 Å². The lowest BCUT2D eigenvalue weighted by molar-refractivity contribution is 0.0771. The van der Waals surface area contributed by atoms with Crippen molar-refractivity contribution in [2.45, 2.75) is 38.5 Å². The van der Waals surface area contributed by atoms with Gasteiger partial charge in [-0.15, -0.1) is 0 Å². The molecular formula is C9H15N3O3. The zero-order valence-electron chi connectivity index (χ0n) is 8.46. The Morgan fingerprint density at radius 2 is 2.27 bits per heavy atom. The number of rotatable bonds is 3. The molecule has 0 radical (unpaired) electrons. The highest BCUT2D eigenvalue weighted by Gasteiger charge is 2.17. The average molecular weight is 213 g/mol. The third kappa shape index (κ3) is 1.95. The molecule has 0 saturated heterocycles. The Morgan fingerprint density at radius 3 is 2.93 bits per heavy atom. The Balaban J connectivity index is 2.25. The molecule has 0 fully saturated rings. The summed E-state index contributed by atoms with van der Waals surface area (Å²) < 4.78 is 2.88. The summed E-state index contributed by atoms with van der Waals surface area (Å²) in [5, 5.41) is 22.1. The highest BCUT2D eigenvalue weighted by Crippen LogP contribution is 2.09. The first-order valence-corrected chi connectivity index (χ1v) is 5.18. The lowest BCUT2D eigenvalue weighted by atomic mass is 10.2. The first-order chi connectivity index (χ1) is 7.22. The number of nitrogens with zero attached hydrogens (tertiary/aromatic N) is 3. The van der Waals surface area contributed by atoms with E-state index >= 15 is 0 Å². The fourth-order valence-electron chi connectivity index (χ4n) is 1.82. The number of fused-ring (bicyclic) bond motifs is 1. The number of hydrogen-bond donors (Lipinski definition) is 2. The maximum Gasteiger partial charge on any atom is 0.346 e. The summed E-state index contributed by atoms with van der Waals surface area (Å²) in [6.45, 7) is 0.424. The van der Waals surface area contributed by atoms with Gasteiger partial charge in [0.15, 0.2) is 0 Å². The van der Waals surface area contributed by atoms with Crippen LogP contribution in [0.4, 0.5) is 0 Å². The topological polar surface area (TPSA) is 80.3 Å². The summed E-state index contributed by atoms with van der Waals surface area (Å²) in [6.07, 6.45) is 1.96. The fourth-order valence-corrected chi connectivity index (χ4v) is 1.82. The monoisotopic (exact) mass is 213 g/mol. The quantitative estimate of drug-likeness (QED) is 0.656. The van der Waals surface area contributed by atoms with Crippen molar-refractivity contribution in [2.75, 3.05) is 6.61 Å². The van der Waals surface area contributed by atoms with Gasteiger partial charge >= 0.3 is 5.69 Å². The lowest BCUT2D eigenvalue weighted by Gasteiger charge is -2.09. The Bertz CT molecular complexity index is 396. The number of aromatic nitrogens is 3. The van der Waals surface area contributed by atoms with Crippen LogP contribution >= 0.6 is 0 Å². The molecule has 84 valence electrons. The van der Waals surface area contributed by atoms with Gasteiger partial charge in [0, 0.05) is 13.0 Å². The molecule has 6 heteroatoms. The third-order valence-corrected chi connectivity index (χ3v) is 2.63. The fraction of sp³-hybridized carbons (Fsp3) is 0.778. The van der Waals surface area contributed by atoms with Crippen molar-refractivity contribution >= 4 is 0 Å². The van der Waals surface area contributed by atoms with Crippen LogP contribution < -0.4 is 5.69 Å². The van der Waals surface area contributed by atoms with Gasteiger partial charge in [-0.2, -0.15) is 5.10 Å². The van der Waals surface area contributed by atoms with Crippen molar-refractivity contribution in [3.63, 3.8) is 0 Å². The van der Waals surface area contributed by atoms with Gasteiger partial charge in [-0.3, -0.25) is 4.57 Å². The zero-order chi connectivity index (χ0) is 10.8. The van der Waals surface area contributed by atoms with Gasteiger partial charge < -0.3 is 10.2 Å². The van der Waals surface area contributed by atoms with Gasteiger partial charge in [0.2, 0.25) is 0 Å². The number of aryl methyl sites for hydroxylation is 1.